The van der Waals surface area contributed by atoms with Gasteiger partial charge in [0.25, 0.3) is 0 Å². The molecule has 2 N–H and O–H groups in total. The van der Waals surface area contributed by atoms with E-state index in [9.17, 15) is 0 Å². The van der Waals surface area contributed by atoms with Gasteiger partial charge in [-0.2, -0.15) is 0 Å². The molecule has 4 heteroatoms. The van der Waals surface area contributed by atoms with Crippen LogP contribution in [0.3, 0.4) is 0 Å². The molecule has 0 amide bonds. The normalized spacial score (nSPS) is 33.5. The summed E-state index contributed by atoms with van der Waals surface area (Å²) >= 11 is 0. The summed E-state index contributed by atoms with van der Waals surface area (Å²) in [6.07, 6.45) is 5.21. The Kier molecular flexibility index (Phi) is 5.23. The fourth-order valence-electron chi connectivity index (χ4n) is 3.29. The quantitative estimate of drug-likeness (QED) is 0.835. The lowest BCUT2D eigenvalue weighted by atomic mass is 9.97. The van der Waals surface area contributed by atoms with Gasteiger partial charge in [0.05, 0.1) is 6.10 Å². The average Bonchev–Trinajstić information content (AvgIpc) is 2.83. The molecule has 2 atom stereocenters. The van der Waals surface area contributed by atoms with Gasteiger partial charge in [-0.15, -0.1) is 0 Å². The van der Waals surface area contributed by atoms with Gasteiger partial charge < -0.3 is 15.4 Å². The molecule has 2 saturated heterocycles. The summed E-state index contributed by atoms with van der Waals surface area (Å²) in [6, 6.07) is 0.591. The Labute approximate surface area is 118 Å². The van der Waals surface area contributed by atoms with Gasteiger partial charge in [0.2, 0.25) is 0 Å². The number of nitrogens with zero attached hydrogens (tertiary/aromatic N) is 2. The molecule has 112 valence electrons. The summed E-state index contributed by atoms with van der Waals surface area (Å²) < 4.78 is 5.83. The van der Waals surface area contributed by atoms with Crippen molar-refractivity contribution >= 4 is 0 Å². The molecule has 2 aliphatic rings. The Morgan fingerprint density at radius 3 is 2.79 bits per heavy atom. The van der Waals surface area contributed by atoms with E-state index in [0.717, 1.165) is 32.7 Å². The molecule has 0 aromatic heterocycles. The highest BCUT2D eigenvalue weighted by atomic mass is 16.5. The molecule has 2 aliphatic heterocycles. The van der Waals surface area contributed by atoms with E-state index in [2.05, 4.69) is 30.7 Å². The van der Waals surface area contributed by atoms with Gasteiger partial charge in [0, 0.05) is 31.3 Å². The van der Waals surface area contributed by atoms with Crippen LogP contribution in [-0.2, 0) is 4.74 Å². The highest BCUT2D eigenvalue weighted by molar-refractivity contribution is 4.91. The zero-order valence-electron chi connectivity index (χ0n) is 12.9. The Morgan fingerprint density at radius 2 is 2.16 bits per heavy atom. The monoisotopic (exact) mass is 269 g/mol. The van der Waals surface area contributed by atoms with E-state index in [1.54, 1.807) is 0 Å². The lowest BCUT2D eigenvalue weighted by Gasteiger charge is -2.39. The molecule has 2 heterocycles. The van der Waals surface area contributed by atoms with Crippen molar-refractivity contribution in [3.05, 3.63) is 0 Å². The second-order valence-electron chi connectivity index (χ2n) is 6.81. The molecule has 0 aromatic carbocycles. The van der Waals surface area contributed by atoms with Gasteiger partial charge >= 0.3 is 0 Å². The van der Waals surface area contributed by atoms with Gasteiger partial charge in [-0.1, -0.05) is 0 Å². The minimum Gasteiger partial charge on any atom is -0.377 e. The Morgan fingerprint density at radius 1 is 1.37 bits per heavy atom. The van der Waals surface area contributed by atoms with Crippen molar-refractivity contribution in [3.63, 3.8) is 0 Å². The zero-order chi connectivity index (χ0) is 13.9. The van der Waals surface area contributed by atoms with Gasteiger partial charge in [0.15, 0.2) is 0 Å². The summed E-state index contributed by atoms with van der Waals surface area (Å²) in [6.45, 7) is 9.86. The van der Waals surface area contributed by atoms with Crippen LogP contribution in [-0.4, -0.2) is 67.3 Å². The second kappa shape index (κ2) is 6.53. The van der Waals surface area contributed by atoms with E-state index in [-0.39, 0.29) is 5.54 Å². The Balaban J connectivity index is 2.02. The average molecular weight is 269 g/mol. The van der Waals surface area contributed by atoms with Crippen molar-refractivity contribution < 1.29 is 4.74 Å². The van der Waals surface area contributed by atoms with E-state index >= 15 is 0 Å². The van der Waals surface area contributed by atoms with Crippen LogP contribution < -0.4 is 5.73 Å². The summed E-state index contributed by atoms with van der Waals surface area (Å²) in [5.74, 6) is 0. The predicted molar refractivity (Wildman–Crippen MR) is 79.3 cm³/mol. The van der Waals surface area contributed by atoms with Crippen molar-refractivity contribution in [1.82, 2.24) is 9.80 Å². The molecule has 2 unspecified atom stereocenters. The first-order chi connectivity index (χ1) is 9.03. The first-order valence-corrected chi connectivity index (χ1v) is 7.80. The van der Waals surface area contributed by atoms with Crippen molar-refractivity contribution in [2.75, 3.05) is 39.8 Å². The topological polar surface area (TPSA) is 41.7 Å². The van der Waals surface area contributed by atoms with Gasteiger partial charge in [0.1, 0.15) is 0 Å². The summed E-state index contributed by atoms with van der Waals surface area (Å²) in [7, 11) is 2.24. The standard InChI is InChI=1S/C15H31N3O/c1-15(2)7-9-17(3)13(6-8-16)11-18(15)12-14-5-4-10-19-14/h13-14H,4-12,16H2,1-3H3. The van der Waals surface area contributed by atoms with Crippen LogP contribution in [0.15, 0.2) is 0 Å². The minimum absolute atomic E-state index is 0.267. The molecule has 0 saturated carbocycles. The predicted octanol–water partition coefficient (Wildman–Crippen LogP) is 1.30. The van der Waals surface area contributed by atoms with E-state index in [1.165, 1.54) is 25.8 Å². The molecule has 0 radical (unpaired) electrons. The minimum atomic E-state index is 0.267. The summed E-state index contributed by atoms with van der Waals surface area (Å²) in [5, 5.41) is 0. The van der Waals surface area contributed by atoms with Gasteiger partial charge in [-0.25, -0.2) is 0 Å². The largest absolute Gasteiger partial charge is 0.377 e. The lowest BCUT2D eigenvalue weighted by Crippen LogP contribution is -2.50. The van der Waals surface area contributed by atoms with Crippen molar-refractivity contribution in [2.45, 2.75) is 57.2 Å². The molecular weight excluding hydrogens is 238 g/mol. The van der Waals surface area contributed by atoms with E-state index < -0.39 is 0 Å². The maximum absolute atomic E-state index is 5.83. The van der Waals surface area contributed by atoms with Crippen molar-refractivity contribution in [1.29, 1.82) is 0 Å². The summed E-state index contributed by atoms with van der Waals surface area (Å²) in [4.78, 5) is 5.14. The number of rotatable bonds is 4. The van der Waals surface area contributed by atoms with E-state index in [1.807, 2.05) is 0 Å². The second-order valence-corrected chi connectivity index (χ2v) is 6.81. The van der Waals surface area contributed by atoms with Crippen LogP contribution in [0, 0.1) is 0 Å². The molecule has 19 heavy (non-hydrogen) atoms. The van der Waals surface area contributed by atoms with Crippen LogP contribution >= 0.6 is 0 Å². The highest BCUT2D eigenvalue weighted by Gasteiger charge is 2.35. The number of likely N-dealkylation sites (N-methyl/N-ethyl adjacent to an activating group) is 1. The molecule has 4 nitrogen and oxygen atoms in total. The third-order valence-corrected chi connectivity index (χ3v) is 4.93. The van der Waals surface area contributed by atoms with Crippen LogP contribution in [0.2, 0.25) is 0 Å². The fourth-order valence-corrected chi connectivity index (χ4v) is 3.29. The number of hydrogen-bond donors (Lipinski definition) is 1. The molecule has 0 spiro atoms. The van der Waals surface area contributed by atoms with Gasteiger partial charge in [-0.3, -0.25) is 4.90 Å². The Hall–Kier alpha value is -0.160. The molecular formula is C15H31N3O. The van der Waals surface area contributed by atoms with E-state index in [0.29, 0.717) is 12.1 Å². The zero-order valence-corrected chi connectivity index (χ0v) is 12.9. The maximum Gasteiger partial charge on any atom is 0.0703 e. The number of hydrogen-bond acceptors (Lipinski definition) is 4. The molecule has 0 bridgehead atoms. The highest BCUT2D eigenvalue weighted by Crippen LogP contribution is 2.27. The van der Waals surface area contributed by atoms with Crippen LogP contribution in [0.4, 0.5) is 0 Å². The molecule has 2 fully saturated rings. The molecule has 0 aromatic rings. The van der Waals surface area contributed by atoms with Crippen molar-refractivity contribution in [3.8, 4) is 0 Å². The Bertz CT molecular complexity index is 277. The lowest BCUT2D eigenvalue weighted by molar-refractivity contribution is 0.0294. The van der Waals surface area contributed by atoms with Crippen molar-refractivity contribution in [2.24, 2.45) is 5.73 Å². The van der Waals surface area contributed by atoms with Crippen LogP contribution in [0.25, 0.3) is 0 Å². The molecule has 0 aliphatic carbocycles. The van der Waals surface area contributed by atoms with Crippen LogP contribution in [0.5, 0.6) is 0 Å². The van der Waals surface area contributed by atoms with E-state index in [4.69, 9.17) is 10.5 Å². The van der Waals surface area contributed by atoms with Crippen LogP contribution in [0.1, 0.15) is 39.5 Å². The maximum atomic E-state index is 5.83. The first kappa shape index (κ1) is 15.2. The number of ether oxygens (including phenoxy) is 1. The SMILES string of the molecule is CN1CCC(C)(C)N(CC2CCCO2)CC1CCN. The third-order valence-electron chi connectivity index (χ3n) is 4.93. The fraction of sp³-hybridized carbons (Fsp3) is 1.00. The summed E-state index contributed by atoms with van der Waals surface area (Å²) in [5.41, 5.74) is 6.05. The van der Waals surface area contributed by atoms with Gasteiger partial charge in [-0.05, 0) is 59.7 Å². The smallest absolute Gasteiger partial charge is 0.0703 e. The number of nitrogens with two attached hydrogens (primary N) is 1. The first-order valence-electron chi connectivity index (χ1n) is 7.80. The molecule has 2 rings (SSSR count). The third kappa shape index (κ3) is 3.91.